The van der Waals surface area contributed by atoms with Crippen molar-refractivity contribution >= 4 is 0 Å². The fraction of sp³-hybridized carbons (Fsp3) is 0.714. The highest BCUT2D eigenvalue weighted by Gasteiger charge is 2.48. The fourth-order valence-corrected chi connectivity index (χ4v) is 4.03. The van der Waals surface area contributed by atoms with Crippen molar-refractivity contribution in [2.75, 3.05) is 0 Å². The summed E-state index contributed by atoms with van der Waals surface area (Å²) in [5, 5.41) is 0. The van der Waals surface area contributed by atoms with Gasteiger partial charge in [-0.25, -0.2) is 0 Å². The van der Waals surface area contributed by atoms with Crippen LogP contribution in [0.3, 0.4) is 0 Å². The maximum Gasteiger partial charge on any atom is -0.0130 e. The molecule has 0 saturated heterocycles. The zero-order valence-electron chi connectivity index (χ0n) is 9.29. The van der Waals surface area contributed by atoms with Gasteiger partial charge in [0, 0.05) is 0 Å². The summed E-state index contributed by atoms with van der Waals surface area (Å²) in [4.78, 5) is 0. The monoisotopic (exact) mass is 188 g/mol. The van der Waals surface area contributed by atoms with E-state index in [2.05, 4.69) is 26.0 Å². The van der Waals surface area contributed by atoms with Crippen molar-refractivity contribution in [3.05, 3.63) is 23.3 Å². The minimum atomic E-state index is 0.920. The molecule has 2 bridgehead atoms. The van der Waals surface area contributed by atoms with Gasteiger partial charge in [0.05, 0.1) is 0 Å². The molecule has 3 aliphatic carbocycles. The van der Waals surface area contributed by atoms with Gasteiger partial charge in [0.15, 0.2) is 0 Å². The minimum absolute atomic E-state index is 0.920. The predicted octanol–water partition coefficient (Wildman–Crippen LogP) is 3.95. The summed E-state index contributed by atoms with van der Waals surface area (Å²) in [6, 6.07) is 0. The lowest BCUT2D eigenvalue weighted by Gasteiger charge is -2.24. The van der Waals surface area contributed by atoms with Crippen molar-refractivity contribution in [3.63, 3.8) is 0 Å². The Bertz CT molecular complexity index is 308. The van der Waals surface area contributed by atoms with Gasteiger partial charge < -0.3 is 0 Å². The molecule has 0 aliphatic heterocycles. The number of hydrogen-bond donors (Lipinski definition) is 0. The Labute approximate surface area is 87.1 Å². The van der Waals surface area contributed by atoms with Crippen LogP contribution in [0.4, 0.5) is 0 Å². The third kappa shape index (κ3) is 1.00. The average Bonchev–Trinajstić information content (AvgIpc) is 2.87. The van der Waals surface area contributed by atoms with E-state index >= 15 is 0 Å². The highest BCUT2D eigenvalue weighted by molar-refractivity contribution is 5.31. The van der Waals surface area contributed by atoms with E-state index in [1.54, 1.807) is 11.1 Å². The number of fused-ring (bicyclic) bond motifs is 5. The highest BCUT2D eigenvalue weighted by Crippen LogP contribution is 2.57. The van der Waals surface area contributed by atoms with E-state index in [0.29, 0.717) is 0 Å². The summed E-state index contributed by atoms with van der Waals surface area (Å²) in [6.45, 7) is 4.63. The molecular weight excluding hydrogens is 168 g/mol. The molecule has 0 amide bonds. The van der Waals surface area contributed by atoms with Crippen LogP contribution >= 0.6 is 0 Å². The molecule has 0 aromatic rings. The van der Waals surface area contributed by atoms with Crippen molar-refractivity contribution in [2.45, 2.75) is 39.5 Å². The first kappa shape index (κ1) is 8.76. The van der Waals surface area contributed by atoms with Crippen LogP contribution in [0.1, 0.15) is 39.5 Å². The van der Waals surface area contributed by atoms with Crippen LogP contribution in [0.15, 0.2) is 23.3 Å². The van der Waals surface area contributed by atoms with E-state index in [4.69, 9.17) is 0 Å². The lowest BCUT2D eigenvalue weighted by molar-refractivity contribution is 0.375. The Morgan fingerprint density at radius 1 is 1.21 bits per heavy atom. The summed E-state index contributed by atoms with van der Waals surface area (Å²) in [5.74, 6) is 3.83. The molecule has 0 aromatic carbocycles. The molecule has 0 nitrogen and oxygen atoms in total. The molecule has 0 spiro atoms. The van der Waals surface area contributed by atoms with Crippen LogP contribution in [0, 0.1) is 23.7 Å². The van der Waals surface area contributed by atoms with Gasteiger partial charge in [-0.1, -0.05) is 37.1 Å². The van der Waals surface area contributed by atoms with Gasteiger partial charge in [0.25, 0.3) is 0 Å². The maximum atomic E-state index is 2.61. The van der Waals surface area contributed by atoms with E-state index in [9.17, 15) is 0 Å². The van der Waals surface area contributed by atoms with Gasteiger partial charge >= 0.3 is 0 Å². The minimum Gasteiger partial charge on any atom is -0.0813 e. The summed E-state index contributed by atoms with van der Waals surface area (Å²) in [6.07, 6.45) is 10.7. The molecule has 4 atom stereocenters. The van der Waals surface area contributed by atoms with Gasteiger partial charge in [-0.2, -0.15) is 0 Å². The van der Waals surface area contributed by atoms with E-state index in [1.807, 2.05) is 0 Å². The Balaban J connectivity index is 1.86. The van der Waals surface area contributed by atoms with E-state index in [0.717, 1.165) is 23.7 Å². The molecule has 1 saturated carbocycles. The fourth-order valence-electron chi connectivity index (χ4n) is 4.03. The smallest absolute Gasteiger partial charge is 0.0130 e. The third-order valence-electron chi connectivity index (χ3n) is 4.72. The van der Waals surface area contributed by atoms with E-state index in [1.165, 1.54) is 25.7 Å². The zero-order chi connectivity index (χ0) is 9.71. The highest BCUT2D eigenvalue weighted by atomic mass is 14.5. The first-order valence-corrected chi connectivity index (χ1v) is 6.23. The van der Waals surface area contributed by atoms with Gasteiger partial charge in [-0.05, 0) is 49.4 Å². The lowest BCUT2D eigenvalue weighted by Crippen LogP contribution is -2.16. The molecule has 0 radical (unpaired) electrons. The zero-order valence-corrected chi connectivity index (χ0v) is 9.29. The van der Waals surface area contributed by atoms with Crippen molar-refractivity contribution in [3.8, 4) is 0 Å². The summed E-state index contributed by atoms with van der Waals surface area (Å²) < 4.78 is 0. The van der Waals surface area contributed by atoms with E-state index < -0.39 is 0 Å². The van der Waals surface area contributed by atoms with Gasteiger partial charge in [0.1, 0.15) is 0 Å². The van der Waals surface area contributed by atoms with Crippen LogP contribution < -0.4 is 0 Å². The molecule has 0 unspecified atom stereocenters. The molecule has 0 aromatic heterocycles. The SMILES string of the molecule is CCC1=C[C@@H]2[C@H](C1)[C@@H]1C[C@H]2C=C1CC. The number of hydrogen-bond acceptors (Lipinski definition) is 0. The normalized spacial score (nSPS) is 43.9. The van der Waals surface area contributed by atoms with Gasteiger partial charge in [0.2, 0.25) is 0 Å². The third-order valence-corrected chi connectivity index (χ3v) is 4.72. The Kier molecular flexibility index (Phi) is 1.87. The van der Waals surface area contributed by atoms with Crippen LogP contribution in [-0.2, 0) is 0 Å². The Morgan fingerprint density at radius 3 is 2.79 bits per heavy atom. The number of allylic oxidation sites excluding steroid dienone is 4. The van der Waals surface area contributed by atoms with E-state index in [-0.39, 0.29) is 0 Å². The van der Waals surface area contributed by atoms with Gasteiger partial charge in [-0.3, -0.25) is 0 Å². The lowest BCUT2D eigenvalue weighted by atomic mass is 9.80. The van der Waals surface area contributed by atoms with Crippen molar-refractivity contribution in [1.82, 2.24) is 0 Å². The Morgan fingerprint density at radius 2 is 2.07 bits per heavy atom. The molecule has 3 rings (SSSR count). The van der Waals surface area contributed by atoms with Crippen molar-refractivity contribution in [2.24, 2.45) is 23.7 Å². The second-order valence-corrected chi connectivity index (χ2v) is 5.22. The predicted molar refractivity (Wildman–Crippen MR) is 59.9 cm³/mol. The molecule has 0 N–H and O–H groups in total. The molecule has 76 valence electrons. The molecule has 3 aliphatic rings. The summed E-state index contributed by atoms with van der Waals surface area (Å²) >= 11 is 0. The van der Waals surface area contributed by atoms with Crippen LogP contribution in [0.2, 0.25) is 0 Å². The maximum absolute atomic E-state index is 2.61. The first-order valence-electron chi connectivity index (χ1n) is 6.23. The Hall–Kier alpha value is -0.520. The topological polar surface area (TPSA) is 0 Å². The molecule has 1 fully saturated rings. The molecular formula is C14H20. The van der Waals surface area contributed by atoms with Crippen molar-refractivity contribution in [1.29, 1.82) is 0 Å². The average molecular weight is 188 g/mol. The number of rotatable bonds is 2. The summed E-state index contributed by atoms with van der Waals surface area (Å²) in [5.41, 5.74) is 3.52. The van der Waals surface area contributed by atoms with Crippen LogP contribution in [0.25, 0.3) is 0 Å². The first-order chi connectivity index (χ1) is 6.83. The summed E-state index contributed by atoms with van der Waals surface area (Å²) in [7, 11) is 0. The molecule has 14 heavy (non-hydrogen) atoms. The second kappa shape index (κ2) is 2.98. The second-order valence-electron chi connectivity index (χ2n) is 5.22. The van der Waals surface area contributed by atoms with Crippen LogP contribution in [0.5, 0.6) is 0 Å². The van der Waals surface area contributed by atoms with Gasteiger partial charge in [-0.15, -0.1) is 0 Å². The molecule has 0 heterocycles. The largest absolute Gasteiger partial charge is 0.0813 e. The molecule has 0 heteroatoms. The quantitative estimate of drug-likeness (QED) is 0.576. The van der Waals surface area contributed by atoms with Crippen molar-refractivity contribution < 1.29 is 0 Å². The standard InChI is InChI=1S/C14H20/c1-3-9-5-12-11-7-10(4-2)13(8-11)14(12)6-9/h5,7,11-14H,3-4,6,8H2,1-2H3/t11-,12+,13-,14+/m1/s1. The van der Waals surface area contributed by atoms with Crippen LogP contribution in [-0.4, -0.2) is 0 Å².